The number of nitrogens with zero attached hydrogens (tertiary/aromatic N) is 1. The van der Waals surface area contributed by atoms with E-state index in [1.807, 2.05) is 0 Å². The Morgan fingerprint density at radius 2 is 2.21 bits per heavy atom. The van der Waals surface area contributed by atoms with E-state index in [1.54, 1.807) is 31.4 Å². The first kappa shape index (κ1) is 17.6. The Hall–Kier alpha value is -2.80. The molecule has 1 aromatic rings. The van der Waals surface area contributed by atoms with E-state index in [0.29, 0.717) is 11.4 Å². The quantitative estimate of drug-likeness (QED) is 0.725. The van der Waals surface area contributed by atoms with Crippen LogP contribution in [0.3, 0.4) is 0 Å². The van der Waals surface area contributed by atoms with E-state index in [1.165, 1.54) is 12.0 Å². The fourth-order valence-corrected chi connectivity index (χ4v) is 2.46. The first-order valence-corrected chi connectivity index (χ1v) is 7.34. The summed E-state index contributed by atoms with van der Waals surface area (Å²) in [4.78, 5) is 25.8. The van der Waals surface area contributed by atoms with Gasteiger partial charge in [-0.3, -0.25) is 4.79 Å². The highest BCUT2D eigenvalue weighted by Gasteiger charge is 2.34. The minimum atomic E-state index is -0.580. The molecule has 0 aliphatic carbocycles. The number of methoxy groups -OCH3 is 2. The SMILES string of the molecule is C=Cc1cc(NC2=C(C(=O)OC)CN(CCO)C2=O)ccc1OC. The second-order valence-electron chi connectivity index (χ2n) is 5.08. The molecule has 2 N–H and O–H groups in total. The lowest BCUT2D eigenvalue weighted by molar-refractivity contribution is -0.136. The molecule has 1 aliphatic rings. The van der Waals surface area contributed by atoms with Gasteiger partial charge in [-0.05, 0) is 18.2 Å². The van der Waals surface area contributed by atoms with Crippen molar-refractivity contribution in [1.29, 1.82) is 0 Å². The molecule has 0 bridgehead atoms. The summed E-state index contributed by atoms with van der Waals surface area (Å²) >= 11 is 0. The molecule has 1 aliphatic heterocycles. The van der Waals surface area contributed by atoms with Gasteiger partial charge in [-0.1, -0.05) is 12.7 Å². The molecule has 1 heterocycles. The summed E-state index contributed by atoms with van der Waals surface area (Å²) < 4.78 is 9.96. The van der Waals surface area contributed by atoms with Crippen molar-refractivity contribution in [3.05, 3.63) is 41.6 Å². The van der Waals surface area contributed by atoms with Crippen LogP contribution < -0.4 is 10.1 Å². The maximum absolute atomic E-state index is 12.4. The number of nitrogens with one attached hydrogen (secondary N) is 1. The highest BCUT2D eigenvalue weighted by molar-refractivity contribution is 6.08. The van der Waals surface area contributed by atoms with E-state index in [4.69, 9.17) is 14.6 Å². The molecule has 128 valence electrons. The third-order valence-corrected chi connectivity index (χ3v) is 3.67. The molecule has 2 rings (SSSR count). The van der Waals surface area contributed by atoms with Crippen LogP contribution in [0.4, 0.5) is 5.69 Å². The molecule has 1 aromatic carbocycles. The number of anilines is 1. The van der Waals surface area contributed by atoms with Gasteiger partial charge >= 0.3 is 5.97 Å². The van der Waals surface area contributed by atoms with Crippen LogP contribution in [-0.4, -0.2) is 55.8 Å². The smallest absolute Gasteiger partial charge is 0.337 e. The number of benzene rings is 1. The van der Waals surface area contributed by atoms with Crippen molar-refractivity contribution >= 4 is 23.6 Å². The van der Waals surface area contributed by atoms with E-state index in [9.17, 15) is 9.59 Å². The molecule has 0 fully saturated rings. The van der Waals surface area contributed by atoms with Crippen molar-refractivity contribution in [3.63, 3.8) is 0 Å². The zero-order valence-electron chi connectivity index (χ0n) is 13.7. The van der Waals surface area contributed by atoms with Crippen LogP contribution >= 0.6 is 0 Å². The summed E-state index contributed by atoms with van der Waals surface area (Å²) in [5.41, 5.74) is 1.74. The summed E-state index contributed by atoms with van der Waals surface area (Å²) in [6.45, 7) is 3.78. The predicted molar refractivity (Wildman–Crippen MR) is 89.4 cm³/mol. The van der Waals surface area contributed by atoms with Gasteiger partial charge in [0.25, 0.3) is 5.91 Å². The van der Waals surface area contributed by atoms with Crippen LogP contribution in [0.2, 0.25) is 0 Å². The number of carbonyl (C=O) groups excluding carboxylic acids is 2. The third-order valence-electron chi connectivity index (χ3n) is 3.67. The standard InChI is InChI=1S/C17H20N2O5/c1-4-11-9-12(5-6-14(11)23-2)18-15-13(17(22)24-3)10-19(7-8-20)16(15)21/h4-6,9,18,20H,1,7-8,10H2,2-3H3. The number of hydrogen-bond acceptors (Lipinski definition) is 6. The highest BCUT2D eigenvalue weighted by atomic mass is 16.5. The zero-order chi connectivity index (χ0) is 17.7. The van der Waals surface area contributed by atoms with Crippen molar-refractivity contribution in [3.8, 4) is 5.75 Å². The second-order valence-corrected chi connectivity index (χ2v) is 5.08. The van der Waals surface area contributed by atoms with Crippen LogP contribution in [0.5, 0.6) is 5.75 Å². The number of hydrogen-bond donors (Lipinski definition) is 2. The Kier molecular flexibility index (Phi) is 5.59. The van der Waals surface area contributed by atoms with Crippen molar-refractivity contribution in [2.24, 2.45) is 0 Å². The van der Waals surface area contributed by atoms with Gasteiger partial charge in [0, 0.05) is 17.8 Å². The van der Waals surface area contributed by atoms with Gasteiger partial charge in [0.2, 0.25) is 0 Å². The molecule has 0 atom stereocenters. The number of rotatable bonds is 7. The number of ether oxygens (including phenoxy) is 2. The topological polar surface area (TPSA) is 88.1 Å². The largest absolute Gasteiger partial charge is 0.496 e. The molecule has 0 unspecified atom stereocenters. The Morgan fingerprint density at radius 1 is 1.46 bits per heavy atom. The van der Waals surface area contributed by atoms with Crippen molar-refractivity contribution < 1.29 is 24.2 Å². The molecule has 24 heavy (non-hydrogen) atoms. The van der Waals surface area contributed by atoms with Gasteiger partial charge < -0.3 is 24.8 Å². The maximum Gasteiger partial charge on any atom is 0.337 e. The number of carbonyl (C=O) groups is 2. The number of aliphatic hydroxyl groups excluding tert-OH is 1. The Labute approximate surface area is 140 Å². The molecule has 7 heteroatoms. The number of aliphatic hydroxyl groups is 1. The van der Waals surface area contributed by atoms with Crippen molar-refractivity contribution in [2.75, 3.05) is 39.2 Å². The minimum absolute atomic E-state index is 0.0961. The number of β-amino-alcohol motifs (C(OH)–C–C–N with tert-alkyl or cyclic N) is 1. The van der Waals surface area contributed by atoms with Crippen molar-refractivity contribution in [1.82, 2.24) is 4.90 Å². The Balaban J connectivity index is 2.35. The summed E-state index contributed by atoms with van der Waals surface area (Å²) in [5.74, 6) is -0.290. The van der Waals surface area contributed by atoms with Gasteiger partial charge in [-0.15, -0.1) is 0 Å². The van der Waals surface area contributed by atoms with Crippen LogP contribution in [0.1, 0.15) is 5.56 Å². The van der Waals surface area contributed by atoms with E-state index >= 15 is 0 Å². The summed E-state index contributed by atoms with van der Waals surface area (Å²) in [5, 5.41) is 12.0. The lowest BCUT2D eigenvalue weighted by Gasteiger charge is -2.15. The highest BCUT2D eigenvalue weighted by Crippen LogP contribution is 2.27. The Morgan fingerprint density at radius 3 is 2.79 bits per heavy atom. The minimum Gasteiger partial charge on any atom is -0.496 e. The van der Waals surface area contributed by atoms with Gasteiger partial charge in [-0.25, -0.2) is 4.79 Å². The number of esters is 1. The van der Waals surface area contributed by atoms with Crippen LogP contribution in [0.15, 0.2) is 36.0 Å². The van der Waals surface area contributed by atoms with Crippen LogP contribution in [-0.2, 0) is 14.3 Å². The average Bonchev–Trinajstić information content (AvgIpc) is 2.91. The first-order valence-electron chi connectivity index (χ1n) is 7.34. The summed E-state index contributed by atoms with van der Waals surface area (Å²) in [7, 11) is 2.82. The van der Waals surface area contributed by atoms with Gasteiger partial charge in [0.15, 0.2) is 0 Å². The lowest BCUT2D eigenvalue weighted by atomic mass is 10.1. The molecular weight excluding hydrogens is 312 g/mol. The summed E-state index contributed by atoms with van der Waals surface area (Å²) in [6, 6.07) is 5.23. The maximum atomic E-state index is 12.4. The Bertz CT molecular complexity index is 696. The predicted octanol–water partition coefficient (Wildman–Crippen LogP) is 1.01. The summed E-state index contributed by atoms with van der Waals surface area (Å²) in [6.07, 6.45) is 1.63. The van der Waals surface area contributed by atoms with Crippen LogP contribution in [0.25, 0.3) is 6.08 Å². The fourth-order valence-electron chi connectivity index (χ4n) is 2.46. The van der Waals surface area contributed by atoms with E-state index in [0.717, 1.165) is 5.56 Å². The number of amides is 1. The molecule has 0 spiro atoms. The molecule has 1 amide bonds. The third kappa shape index (κ3) is 3.41. The normalized spacial score (nSPS) is 14.0. The van der Waals surface area contributed by atoms with E-state index in [-0.39, 0.29) is 36.9 Å². The van der Waals surface area contributed by atoms with E-state index in [2.05, 4.69) is 11.9 Å². The van der Waals surface area contributed by atoms with Crippen molar-refractivity contribution in [2.45, 2.75) is 0 Å². The van der Waals surface area contributed by atoms with Gasteiger partial charge in [0.05, 0.1) is 32.9 Å². The fraction of sp³-hybridized carbons (Fsp3) is 0.294. The van der Waals surface area contributed by atoms with Gasteiger partial charge in [0.1, 0.15) is 11.4 Å². The molecular formula is C17H20N2O5. The molecule has 0 saturated heterocycles. The molecule has 0 radical (unpaired) electrons. The zero-order valence-corrected chi connectivity index (χ0v) is 13.7. The molecule has 0 aromatic heterocycles. The van der Waals surface area contributed by atoms with E-state index < -0.39 is 5.97 Å². The lowest BCUT2D eigenvalue weighted by Crippen LogP contribution is -2.31. The second kappa shape index (κ2) is 7.65. The molecule has 7 nitrogen and oxygen atoms in total. The molecule has 0 saturated carbocycles. The first-order chi connectivity index (χ1) is 11.5. The average molecular weight is 332 g/mol. The van der Waals surface area contributed by atoms with Crippen LogP contribution in [0, 0.1) is 0 Å². The van der Waals surface area contributed by atoms with Gasteiger partial charge in [-0.2, -0.15) is 0 Å². The monoisotopic (exact) mass is 332 g/mol.